The minimum absolute atomic E-state index is 0.0983. The number of rotatable bonds is 5. The molecule has 2 atom stereocenters. The molecule has 2 amide bonds. The first-order valence-corrected chi connectivity index (χ1v) is 10.5. The van der Waals surface area contributed by atoms with Crippen molar-refractivity contribution < 1.29 is 35.9 Å². The van der Waals surface area contributed by atoms with Crippen molar-refractivity contribution in [1.29, 1.82) is 0 Å². The molecule has 10 heteroatoms. The summed E-state index contributed by atoms with van der Waals surface area (Å²) in [5, 5.41) is 2.73. The molecule has 1 saturated heterocycles. The summed E-state index contributed by atoms with van der Waals surface area (Å²) >= 11 is 0. The molecule has 0 unspecified atom stereocenters. The number of urea groups is 1. The number of nitrogens with zero attached hydrogens (tertiary/aromatic N) is 1. The first-order chi connectivity index (χ1) is 15.5. The zero-order chi connectivity index (χ0) is 24.2. The van der Waals surface area contributed by atoms with Crippen LogP contribution in [-0.2, 0) is 23.7 Å². The standard InChI is InChI=1S/C23H24F6N2O2/c1-2-30-21(32)31-9-8-20(19(13-31)16-6-4-3-5-7-16)33-14-15-10-17(22(24,25)26)12-18(11-15)23(27,28)29/h3-7,10-12,19-20H,2,8-9,13-14H2,1H3,(H,30,32)/t19-,20-/m1/s1. The molecule has 1 fully saturated rings. The van der Waals surface area contributed by atoms with E-state index in [-0.39, 0.29) is 23.6 Å². The molecule has 0 radical (unpaired) electrons. The van der Waals surface area contributed by atoms with E-state index in [0.717, 1.165) is 5.56 Å². The van der Waals surface area contributed by atoms with E-state index in [9.17, 15) is 31.1 Å². The highest BCUT2D eigenvalue weighted by atomic mass is 19.4. The van der Waals surface area contributed by atoms with Gasteiger partial charge in [-0.25, -0.2) is 4.79 Å². The highest BCUT2D eigenvalue weighted by Crippen LogP contribution is 2.37. The predicted molar refractivity (Wildman–Crippen MR) is 109 cm³/mol. The van der Waals surface area contributed by atoms with Gasteiger partial charge < -0.3 is 15.0 Å². The van der Waals surface area contributed by atoms with Crippen LogP contribution in [0.25, 0.3) is 0 Å². The van der Waals surface area contributed by atoms with Crippen LogP contribution >= 0.6 is 0 Å². The van der Waals surface area contributed by atoms with Gasteiger partial charge in [-0.05, 0) is 42.7 Å². The van der Waals surface area contributed by atoms with Gasteiger partial charge in [0.15, 0.2) is 0 Å². The maximum atomic E-state index is 13.1. The number of hydrogen-bond donors (Lipinski definition) is 1. The van der Waals surface area contributed by atoms with Crippen molar-refractivity contribution in [3.8, 4) is 0 Å². The Balaban J connectivity index is 1.82. The Bertz CT molecular complexity index is 914. The Labute approximate surface area is 187 Å². The van der Waals surface area contributed by atoms with Crippen molar-refractivity contribution in [3.05, 3.63) is 70.8 Å². The first-order valence-electron chi connectivity index (χ1n) is 10.5. The van der Waals surface area contributed by atoms with Crippen molar-refractivity contribution in [2.24, 2.45) is 0 Å². The Kier molecular flexibility index (Phi) is 7.56. The average Bonchev–Trinajstić information content (AvgIpc) is 2.77. The molecular weight excluding hydrogens is 450 g/mol. The third-order valence-electron chi connectivity index (χ3n) is 5.50. The minimum atomic E-state index is -4.92. The van der Waals surface area contributed by atoms with E-state index in [1.54, 1.807) is 11.8 Å². The fourth-order valence-electron chi connectivity index (χ4n) is 3.90. The molecule has 3 rings (SSSR count). The lowest BCUT2D eigenvalue weighted by Gasteiger charge is -2.38. The monoisotopic (exact) mass is 474 g/mol. The van der Waals surface area contributed by atoms with Crippen LogP contribution in [0.15, 0.2) is 48.5 Å². The first kappa shape index (κ1) is 24.9. The summed E-state index contributed by atoms with van der Waals surface area (Å²) in [4.78, 5) is 13.9. The van der Waals surface area contributed by atoms with E-state index in [2.05, 4.69) is 5.32 Å². The minimum Gasteiger partial charge on any atom is -0.373 e. The molecule has 0 aromatic heterocycles. The lowest BCUT2D eigenvalue weighted by Crippen LogP contribution is -2.49. The molecule has 0 spiro atoms. The Morgan fingerprint density at radius 3 is 2.18 bits per heavy atom. The van der Waals surface area contributed by atoms with Gasteiger partial charge in [0.2, 0.25) is 0 Å². The Morgan fingerprint density at radius 1 is 1.03 bits per heavy atom. The van der Waals surface area contributed by atoms with Gasteiger partial charge in [-0.15, -0.1) is 0 Å². The zero-order valence-corrected chi connectivity index (χ0v) is 17.8. The molecule has 2 aromatic rings. The lowest BCUT2D eigenvalue weighted by atomic mass is 9.88. The average molecular weight is 474 g/mol. The van der Waals surface area contributed by atoms with Crippen molar-refractivity contribution in [2.75, 3.05) is 19.6 Å². The van der Waals surface area contributed by atoms with E-state index in [1.165, 1.54) is 0 Å². The van der Waals surface area contributed by atoms with Crippen LogP contribution in [0, 0.1) is 0 Å². The smallest absolute Gasteiger partial charge is 0.373 e. The molecule has 1 heterocycles. The topological polar surface area (TPSA) is 41.6 Å². The van der Waals surface area contributed by atoms with Gasteiger partial charge in [0, 0.05) is 25.6 Å². The fraction of sp³-hybridized carbons (Fsp3) is 0.435. The summed E-state index contributed by atoms with van der Waals surface area (Å²) < 4.78 is 84.7. The number of carbonyl (C=O) groups is 1. The van der Waals surface area contributed by atoms with E-state index >= 15 is 0 Å². The van der Waals surface area contributed by atoms with Crippen molar-refractivity contribution in [2.45, 2.75) is 44.3 Å². The highest BCUT2D eigenvalue weighted by molar-refractivity contribution is 5.74. The fourth-order valence-corrected chi connectivity index (χ4v) is 3.90. The SMILES string of the molecule is CCNC(=O)N1CC[C@@H](OCc2cc(C(F)(F)F)cc(C(F)(F)F)c2)[C@@H](c2ccccc2)C1. The normalized spacial score (nSPS) is 19.4. The molecule has 4 nitrogen and oxygen atoms in total. The number of hydrogen-bond acceptors (Lipinski definition) is 2. The summed E-state index contributed by atoms with van der Waals surface area (Å²) in [6.07, 6.45) is -9.93. The van der Waals surface area contributed by atoms with Crippen LogP contribution in [0.4, 0.5) is 31.1 Å². The molecule has 1 aliphatic heterocycles. The second-order valence-electron chi connectivity index (χ2n) is 7.85. The molecule has 33 heavy (non-hydrogen) atoms. The number of halogens is 6. The molecular formula is C23H24F6N2O2. The van der Waals surface area contributed by atoms with Crippen molar-refractivity contribution in [1.82, 2.24) is 10.2 Å². The summed E-state index contributed by atoms with van der Waals surface area (Å²) in [6.45, 7) is 2.52. The van der Waals surface area contributed by atoms with Crippen molar-refractivity contribution in [3.63, 3.8) is 0 Å². The maximum Gasteiger partial charge on any atom is 0.416 e. The molecule has 1 aliphatic rings. The molecule has 0 saturated carbocycles. The van der Waals surface area contributed by atoms with E-state index in [4.69, 9.17) is 4.74 Å². The number of ether oxygens (including phenoxy) is 1. The number of alkyl halides is 6. The van der Waals surface area contributed by atoms with E-state index in [0.29, 0.717) is 38.2 Å². The molecule has 1 N–H and O–H groups in total. The third kappa shape index (κ3) is 6.40. The van der Waals surface area contributed by atoms with Gasteiger partial charge in [-0.3, -0.25) is 0 Å². The molecule has 0 bridgehead atoms. The second kappa shape index (κ2) is 10.0. The van der Waals surface area contributed by atoms with Gasteiger partial charge in [0.05, 0.1) is 23.8 Å². The van der Waals surface area contributed by atoms with Crippen LogP contribution in [-0.4, -0.2) is 36.7 Å². The van der Waals surface area contributed by atoms with Crippen molar-refractivity contribution >= 4 is 6.03 Å². The van der Waals surface area contributed by atoms with Gasteiger partial charge in [0.25, 0.3) is 0 Å². The maximum absolute atomic E-state index is 13.1. The van der Waals surface area contributed by atoms with Gasteiger partial charge in [0.1, 0.15) is 0 Å². The summed E-state index contributed by atoms with van der Waals surface area (Å²) in [7, 11) is 0. The van der Waals surface area contributed by atoms with Gasteiger partial charge in [-0.2, -0.15) is 26.3 Å². The number of carbonyl (C=O) groups excluding carboxylic acids is 1. The third-order valence-corrected chi connectivity index (χ3v) is 5.50. The van der Waals surface area contributed by atoms with Gasteiger partial charge >= 0.3 is 18.4 Å². The summed E-state index contributed by atoms with van der Waals surface area (Å²) in [5.74, 6) is -0.282. The van der Waals surface area contributed by atoms with Crippen LogP contribution in [0.5, 0.6) is 0 Å². The summed E-state index contributed by atoms with van der Waals surface area (Å²) in [5.41, 5.74) is -2.09. The van der Waals surface area contributed by atoms with E-state index < -0.39 is 36.2 Å². The number of likely N-dealkylation sites (tertiary alicyclic amines) is 1. The van der Waals surface area contributed by atoms with Crippen LogP contribution in [0.3, 0.4) is 0 Å². The summed E-state index contributed by atoms with van der Waals surface area (Å²) in [6, 6.07) is 10.4. The number of nitrogens with one attached hydrogen (secondary N) is 1. The van der Waals surface area contributed by atoms with Crippen LogP contribution in [0.2, 0.25) is 0 Å². The van der Waals surface area contributed by atoms with Crippen LogP contribution < -0.4 is 5.32 Å². The lowest BCUT2D eigenvalue weighted by molar-refractivity contribution is -0.143. The van der Waals surface area contributed by atoms with E-state index in [1.807, 2.05) is 30.3 Å². The Morgan fingerprint density at radius 2 is 1.64 bits per heavy atom. The van der Waals surface area contributed by atoms with Gasteiger partial charge in [-0.1, -0.05) is 30.3 Å². The zero-order valence-electron chi connectivity index (χ0n) is 17.8. The highest BCUT2D eigenvalue weighted by Gasteiger charge is 2.37. The molecule has 180 valence electrons. The Hall–Kier alpha value is -2.75. The number of amides is 2. The quantitative estimate of drug-likeness (QED) is 0.555. The number of benzene rings is 2. The van der Waals surface area contributed by atoms with Crippen LogP contribution in [0.1, 0.15) is 41.5 Å². The predicted octanol–water partition coefficient (Wildman–Crippen LogP) is 5.83. The largest absolute Gasteiger partial charge is 0.416 e. The number of piperidine rings is 1. The molecule has 0 aliphatic carbocycles. The molecule has 2 aromatic carbocycles. The second-order valence-corrected chi connectivity index (χ2v) is 7.85.